The van der Waals surface area contributed by atoms with Gasteiger partial charge >= 0.3 is 5.63 Å². The van der Waals surface area contributed by atoms with Gasteiger partial charge in [-0.1, -0.05) is 42.5 Å². The second-order valence-corrected chi connectivity index (χ2v) is 8.80. The lowest BCUT2D eigenvalue weighted by Gasteiger charge is -2.18. The Labute approximate surface area is 214 Å². The molecule has 0 atom stereocenters. The first-order valence-corrected chi connectivity index (χ1v) is 11.8. The van der Waals surface area contributed by atoms with E-state index < -0.39 is 23.3 Å². The highest BCUT2D eigenvalue weighted by molar-refractivity contribution is 8.19. The van der Waals surface area contributed by atoms with Gasteiger partial charge in [0.05, 0.1) is 17.7 Å². The summed E-state index contributed by atoms with van der Waals surface area (Å²) in [5, 5.41) is 4.86. The number of hydrazone groups is 1. The molecule has 0 spiro atoms. The Morgan fingerprint density at radius 1 is 1.05 bits per heavy atom. The summed E-state index contributed by atoms with van der Waals surface area (Å²) in [6.45, 7) is 0. The molecule has 37 heavy (non-hydrogen) atoms. The number of methoxy groups -OCH3 is 1. The zero-order valence-corrected chi connectivity index (χ0v) is 20.1. The van der Waals surface area contributed by atoms with E-state index in [1.807, 2.05) is 0 Å². The minimum Gasteiger partial charge on any atom is -0.495 e. The van der Waals surface area contributed by atoms with Crippen LogP contribution in [0.3, 0.4) is 0 Å². The molecule has 1 aromatic heterocycles. The van der Waals surface area contributed by atoms with Crippen molar-refractivity contribution in [1.82, 2.24) is 5.43 Å². The van der Waals surface area contributed by atoms with Crippen LogP contribution in [0.15, 0.2) is 98.1 Å². The van der Waals surface area contributed by atoms with Gasteiger partial charge in [0, 0.05) is 5.39 Å². The quantitative estimate of drug-likeness (QED) is 0.234. The molecule has 0 bridgehead atoms. The smallest absolute Gasteiger partial charge is 0.349 e. The molecule has 1 aliphatic heterocycles. The molecule has 1 saturated heterocycles. The fourth-order valence-corrected chi connectivity index (χ4v) is 4.60. The zero-order chi connectivity index (χ0) is 25.9. The van der Waals surface area contributed by atoms with Crippen LogP contribution in [-0.2, 0) is 4.79 Å². The van der Waals surface area contributed by atoms with E-state index >= 15 is 0 Å². The van der Waals surface area contributed by atoms with Gasteiger partial charge in [0.15, 0.2) is 5.17 Å². The number of fused-ring (bicyclic) bond motifs is 1. The maximum Gasteiger partial charge on any atom is 0.349 e. The van der Waals surface area contributed by atoms with Crippen molar-refractivity contribution < 1.29 is 23.1 Å². The van der Waals surface area contributed by atoms with Crippen LogP contribution in [0.1, 0.15) is 15.9 Å². The Kier molecular flexibility index (Phi) is 6.57. The van der Waals surface area contributed by atoms with Crippen LogP contribution >= 0.6 is 11.8 Å². The van der Waals surface area contributed by atoms with Crippen molar-refractivity contribution in [2.75, 3.05) is 12.0 Å². The van der Waals surface area contributed by atoms with Crippen LogP contribution in [0.4, 0.5) is 10.1 Å². The number of nitrogens with zero attached hydrogens (tertiary/aromatic N) is 2. The third kappa shape index (κ3) is 4.87. The summed E-state index contributed by atoms with van der Waals surface area (Å²) in [6, 6.07) is 20.7. The molecule has 3 aromatic carbocycles. The number of nitrogens with one attached hydrogen (secondary N) is 1. The predicted octanol–water partition coefficient (Wildman–Crippen LogP) is 4.76. The molecule has 0 saturated carbocycles. The number of hydrogen-bond donors (Lipinski definition) is 1. The number of carbonyl (C=O) groups excluding carboxylic acids is 2. The highest BCUT2D eigenvalue weighted by atomic mass is 32.2. The maximum atomic E-state index is 13.4. The maximum absolute atomic E-state index is 13.4. The first-order chi connectivity index (χ1) is 17.9. The summed E-state index contributed by atoms with van der Waals surface area (Å²) >= 11 is 1.01. The van der Waals surface area contributed by atoms with Crippen molar-refractivity contribution in [1.29, 1.82) is 0 Å². The predicted molar refractivity (Wildman–Crippen MR) is 140 cm³/mol. The minimum absolute atomic E-state index is 0.126. The van der Waals surface area contributed by atoms with E-state index in [9.17, 15) is 18.8 Å². The number of hydrogen-bond acceptors (Lipinski definition) is 7. The van der Waals surface area contributed by atoms with E-state index in [0.29, 0.717) is 28.0 Å². The normalized spacial score (nSPS) is 15.5. The van der Waals surface area contributed by atoms with E-state index in [1.165, 1.54) is 30.2 Å². The molecule has 2 heterocycles. The Bertz CT molecular complexity index is 1650. The molecule has 0 unspecified atom stereocenters. The van der Waals surface area contributed by atoms with E-state index in [4.69, 9.17) is 9.15 Å². The van der Waals surface area contributed by atoms with E-state index in [0.717, 1.165) is 11.8 Å². The number of halogens is 1. The van der Waals surface area contributed by atoms with Crippen molar-refractivity contribution in [3.8, 4) is 5.75 Å². The second-order valence-electron chi connectivity index (χ2n) is 7.80. The Morgan fingerprint density at radius 2 is 1.78 bits per heavy atom. The number of carbonyl (C=O) groups is 2. The van der Waals surface area contributed by atoms with Gasteiger partial charge in [-0.15, -0.1) is 5.10 Å². The van der Waals surface area contributed by atoms with Crippen LogP contribution in [0.2, 0.25) is 0 Å². The van der Waals surface area contributed by atoms with Gasteiger partial charge in [-0.25, -0.2) is 19.5 Å². The topological polar surface area (TPSA) is 101 Å². The number of amidine groups is 1. The third-order valence-electron chi connectivity index (χ3n) is 5.44. The van der Waals surface area contributed by atoms with E-state index in [2.05, 4.69) is 10.5 Å². The average Bonchev–Trinajstić information content (AvgIpc) is 3.22. The molecular weight excluding hydrogens is 497 g/mol. The standard InChI is InChI=1S/C27H18FN3O5S/c1-35-22-9-5-3-7-20(22)31-25(33)23(14-16-10-12-18(28)13-11-16)37-27(31)30-29-24(32)19-15-17-6-2-4-8-21(17)36-26(19)34/h2-15H,1H3,(H,29,32)/b23-14+,30-27-. The zero-order valence-electron chi connectivity index (χ0n) is 19.3. The summed E-state index contributed by atoms with van der Waals surface area (Å²) < 4.78 is 24.0. The second kappa shape index (κ2) is 10.1. The van der Waals surface area contributed by atoms with Gasteiger partial charge in [0.25, 0.3) is 11.8 Å². The third-order valence-corrected chi connectivity index (χ3v) is 6.41. The van der Waals surface area contributed by atoms with Crippen LogP contribution in [0.5, 0.6) is 5.75 Å². The minimum atomic E-state index is -0.815. The fraction of sp³-hybridized carbons (Fsp3) is 0.0370. The summed E-state index contributed by atoms with van der Waals surface area (Å²) in [4.78, 5) is 40.2. The molecule has 1 fully saturated rings. The van der Waals surface area contributed by atoms with Crippen molar-refractivity contribution >= 4 is 51.5 Å². The van der Waals surface area contributed by atoms with Crippen molar-refractivity contribution in [2.24, 2.45) is 5.10 Å². The van der Waals surface area contributed by atoms with E-state index in [-0.39, 0.29) is 15.6 Å². The molecule has 0 aliphatic carbocycles. The van der Waals surface area contributed by atoms with E-state index in [1.54, 1.807) is 66.7 Å². The number of para-hydroxylation sites is 3. The molecular formula is C27H18FN3O5S. The number of benzene rings is 3. The Morgan fingerprint density at radius 3 is 2.57 bits per heavy atom. The first-order valence-electron chi connectivity index (χ1n) is 11.0. The number of amides is 2. The molecule has 8 nitrogen and oxygen atoms in total. The van der Waals surface area contributed by atoms with Crippen molar-refractivity contribution in [3.63, 3.8) is 0 Å². The molecule has 2 amide bonds. The molecule has 4 aromatic rings. The molecule has 1 N–H and O–H groups in total. The highest BCUT2D eigenvalue weighted by Crippen LogP contribution is 2.39. The Hall–Kier alpha value is -4.70. The van der Waals surface area contributed by atoms with Crippen LogP contribution < -0.4 is 20.7 Å². The van der Waals surface area contributed by atoms with Gasteiger partial charge in [-0.3, -0.25) is 9.59 Å². The van der Waals surface area contributed by atoms with Gasteiger partial charge in [-0.05, 0) is 59.8 Å². The first kappa shape index (κ1) is 24.0. The summed E-state index contributed by atoms with van der Waals surface area (Å²) in [5.74, 6) is -1.20. The molecule has 184 valence electrons. The average molecular weight is 516 g/mol. The largest absolute Gasteiger partial charge is 0.495 e. The van der Waals surface area contributed by atoms with Gasteiger partial charge in [0.1, 0.15) is 22.7 Å². The summed E-state index contributed by atoms with van der Waals surface area (Å²) in [6.07, 6.45) is 1.59. The molecule has 10 heteroatoms. The number of rotatable bonds is 5. The van der Waals surface area contributed by atoms with Gasteiger partial charge in [0.2, 0.25) is 0 Å². The van der Waals surface area contributed by atoms with Gasteiger partial charge in [-0.2, -0.15) is 0 Å². The monoisotopic (exact) mass is 515 g/mol. The number of thioether (sulfide) groups is 1. The SMILES string of the molecule is COc1ccccc1N1C(=O)/C(=C\c2ccc(F)cc2)S/C1=N\NC(=O)c1cc2ccccc2oc1=O. The van der Waals surface area contributed by atoms with Crippen molar-refractivity contribution in [2.45, 2.75) is 0 Å². The van der Waals surface area contributed by atoms with Gasteiger partial charge < -0.3 is 9.15 Å². The summed E-state index contributed by atoms with van der Waals surface area (Å²) in [5.41, 5.74) is 2.67. The number of anilines is 1. The van der Waals surface area contributed by atoms with Crippen LogP contribution in [0.25, 0.3) is 17.0 Å². The lowest BCUT2D eigenvalue weighted by Crippen LogP contribution is -2.32. The van der Waals surface area contributed by atoms with Crippen LogP contribution in [-0.4, -0.2) is 24.1 Å². The lowest BCUT2D eigenvalue weighted by atomic mass is 10.2. The molecule has 0 radical (unpaired) electrons. The number of ether oxygens (including phenoxy) is 1. The summed E-state index contributed by atoms with van der Waals surface area (Å²) in [7, 11) is 1.47. The molecule has 1 aliphatic rings. The molecule has 5 rings (SSSR count). The fourth-order valence-electron chi connectivity index (χ4n) is 3.67. The highest BCUT2D eigenvalue weighted by Gasteiger charge is 2.36. The Balaban J connectivity index is 1.51. The van der Waals surface area contributed by atoms with Crippen LogP contribution in [0, 0.1) is 5.82 Å². The van der Waals surface area contributed by atoms with Crippen molar-refractivity contribution in [3.05, 3.63) is 111 Å². The lowest BCUT2D eigenvalue weighted by molar-refractivity contribution is -0.113.